The SMILES string of the molecule is Oc1cc2cnccc2cc1-c1ncc(SC2C[C@H]3CC[C@@H](C2)N3)nn1. The molecule has 0 saturated carbocycles. The molecule has 26 heavy (non-hydrogen) atoms. The number of phenols is 1. The Morgan fingerprint density at radius 3 is 2.65 bits per heavy atom. The van der Waals surface area contributed by atoms with Gasteiger partial charge in [0, 0.05) is 35.1 Å². The van der Waals surface area contributed by atoms with Crippen LogP contribution in [0.3, 0.4) is 0 Å². The molecule has 0 amide bonds. The summed E-state index contributed by atoms with van der Waals surface area (Å²) < 4.78 is 0. The van der Waals surface area contributed by atoms with Gasteiger partial charge in [-0.15, -0.1) is 10.2 Å². The van der Waals surface area contributed by atoms with E-state index in [1.54, 1.807) is 36.4 Å². The molecule has 0 radical (unpaired) electrons. The third-order valence-electron chi connectivity index (χ3n) is 5.25. The van der Waals surface area contributed by atoms with E-state index >= 15 is 0 Å². The fraction of sp³-hybridized carbons (Fsp3) is 0.368. The van der Waals surface area contributed by atoms with Gasteiger partial charge in [0.15, 0.2) is 5.82 Å². The minimum atomic E-state index is 0.141. The highest BCUT2D eigenvalue weighted by Gasteiger charge is 2.34. The summed E-state index contributed by atoms with van der Waals surface area (Å²) in [6, 6.07) is 6.79. The van der Waals surface area contributed by atoms with E-state index in [4.69, 9.17) is 0 Å². The molecule has 0 aliphatic carbocycles. The summed E-state index contributed by atoms with van der Waals surface area (Å²) in [6.45, 7) is 0. The summed E-state index contributed by atoms with van der Waals surface area (Å²) in [4.78, 5) is 8.53. The minimum absolute atomic E-state index is 0.141. The van der Waals surface area contributed by atoms with Crippen LogP contribution in [0.1, 0.15) is 25.7 Å². The molecule has 3 atom stereocenters. The van der Waals surface area contributed by atoms with Crippen LogP contribution in [0.4, 0.5) is 0 Å². The summed E-state index contributed by atoms with van der Waals surface area (Å²) in [5, 5.41) is 25.9. The van der Waals surface area contributed by atoms with E-state index in [2.05, 4.69) is 25.5 Å². The number of rotatable bonds is 3. The molecule has 2 bridgehead atoms. The van der Waals surface area contributed by atoms with Crippen molar-refractivity contribution in [2.45, 2.75) is 48.0 Å². The van der Waals surface area contributed by atoms with E-state index in [9.17, 15) is 5.11 Å². The number of benzene rings is 1. The van der Waals surface area contributed by atoms with E-state index in [-0.39, 0.29) is 5.75 Å². The van der Waals surface area contributed by atoms with Crippen LogP contribution in [0, 0.1) is 0 Å². The topological polar surface area (TPSA) is 83.8 Å². The molecule has 5 rings (SSSR count). The zero-order chi connectivity index (χ0) is 17.5. The number of pyridine rings is 1. The molecule has 6 nitrogen and oxygen atoms in total. The lowest BCUT2D eigenvalue weighted by atomic mass is 10.1. The number of thioether (sulfide) groups is 1. The first-order valence-electron chi connectivity index (χ1n) is 8.94. The Labute approximate surface area is 155 Å². The fourth-order valence-corrected chi connectivity index (χ4v) is 5.22. The minimum Gasteiger partial charge on any atom is -0.507 e. The normalized spacial score (nSPS) is 24.8. The summed E-state index contributed by atoms with van der Waals surface area (Å²) in [7, 11) is 0. The van der Waals surface area contributed by atoms with E-state index in [1.165, 1.54) is 25.7 Å². The Balaban J connectivity index is 1.37. The number of hydrogen-bond donors (Lipinski definition) is 2. The first-order chi connectivity index (χ1) is 12.7. The molecular formula is C19H19N5OS. The third-order valence-corrected chi connectivity index (χ3v) is 6.40. The van der Waals surface area contributed by atoms with Crippen LogP contribution in [0.15, 0.2) is 41.8 Å². The van der Waals surface area contributed by atoms with Crippen LogP contribution in [0.2, 0.25) is 0 Å². The Hall–Kier alpha value is -2.25. The molecule has 3 aromatic rings. The molecule has 1 unspecified atom stereocenters. The van der Waals surface area contributed by atoms with Crippen molar-refractivity contribution in [2.24, 2.45) is 0 Å². The van der Waals surface area contributed by atoms with Gasteiger partial charge in [-0.05, 0) is 49.3 Å². The van der Waals surface area contributed by atoms with Crippen molar-refractivity contribution in [1.82, 2.24) is 25.5 Å². The fourth-order valence-electron chi connectivity index (χ4n) is 4.02. The summed E-state index contributed by atoms with van der Waals surface area (Å²) in [5.41, 5.74) is 0.590. The second-order valence-electron chi connectivity index (χ2n) is 7.06. The summed E-state index contributed by atoms with van der Waals surface area (Å²) in [6.07, 6.45) is 10.2. The van der Waals surface area contributed by atoms with Gasteiger partial charge >= 0.3 is 0 Å². The molecule has 7 heteroatoms. The van der Waals surface area contributed by atoms with Gasteiger partial charge in [-0.3, -0.25) is 4.98 Å². The molecule has 2 N–H and O–H groups in total. The first-order valence-corrected chi connectivity index (χ1v) is 9.82. The number of nitrogens with zero attached hydrogens (tertiary/aromatic N) is 4. The van der Waals surface area contributed by atoms with E-state index in [0.717, 1.165) is 15.8 Å². The number of nitrogens with one attached hydrogen (secondary N) is 1. The van der Waals surface area contributed by atoms with Crippen LogP contribution in [0.5, 0.6) is 5.75 Å². The van der Waals surface area contributed by atoms with Crippen molar-refractivity contribution in [3.8, 4) is 17.1 Å². The van der Waals surface area contributed by atoms with E-state index in [1.807, 2.05) is 12.1 Å². The smallest absolute Gasteiger partial charge is 0.185 e. The van der Waals surface area contributed by atoms with Crippen molar-refractivity contribution in [3.05, 3.63) is 36.8 Å². The van der Waals surface area contributed by atoms with E-state index in [0.29, 0.717) is 28.7 Å². The van der Waals surface area contributed by atoms with Gasteiger partial charge < -0.3 is 10.4 Å². The second kappa shape index (κ2) is 6.48. The van der Waals surface area contributed by atoms with Crippen molar-refractivity contribution >= 4 is 22.5 Å². The molecule has 4 heterocycles. The highest BCUT2D eigenvalue weighted by atomic mass is 32.2. The molecule has 2 aliphatic heterocycles. The lowest BCUT2D eigenvalue weighted by Gasteiger charge is -2.28. The van der Waals surface area contributed by atoms with Gasteiger partial charge in [0.25, 0.3) is 0 Å². The average molecular weight is 365 g/mol. The number of phenolic OH excluding ortho intramolecular Hbond substituents is 1. The molecule has 0 spiro atoms. The van der Waals surface area contributed by atoms with Crippen molar-refractivity contribution in [1.29, 1.82) is 0 Å². The van der Waals surface area contributed by atoms with Gasteiger partial charge in [-0.25, -0.2) is 4.98 Å². The monoisotopic (exact) mass is 365 g/mol. The van der Waals surface area contributed by atoms with Gasteiger partial charge in [0.2, 0.25) is 0 Å². The number of aromatic nitrogens is 4. The largest absolute Gasteiger partial charge is 0.507 e. The molecule has 2 fully saturated rings. The van der Waals surface area contributed by atoms with Gasteiger partial charge in [-0.1, -0.05) is 11.8 Å². The predicted molar refractivity (Wildman–Crippen MR) is 101 cm³/mol. The Bertz CT molecular complexity index is 936. The third kappa shape index (κ3) is 3.01. The standard InChI is InChI=1S/C19H19N5OS/c25-17-6-12-9-20-4-3-11(12)5-16(17)19-21-10-18(23-24-19)26-15-7-13-1-2-14(8-15)22-13/h3-6,9-10,13-15,22,25H,1-2,7-8H2/t13-,14+,15?. The summed E-state index contributed by atoms with van der Waals surface area (Å²) in [5.74, 6) is 0.582. The molecule has 1 aromatic carbocycles. The maximum atomic E-state index is 10.3. The van der Waals surface area contributed by atoms with Gasteiger partial charge in [0.1, 0.15) is 10.8 Å². The molecule has 2 aromatic heterocycles. The molecule has 2 aliphatic rings. The zero-order valence-electron chi connectivity index (χ0n) is 14.2. The Morgan fingerprint density at radius 2 is 1.88 bits per heavy atom. The van der Waals surface area contributed by atoms with Crippen LogP contribution in [-0.2, 0) is 0 Å². The van der Waals surface area contributed by atoms with Crippen LogP contribution in [-0.4, -0.2) is 42.6 Å². The maximum absolute atomic E-state index is 10.3. The van der Waals surface area contributed by atoms with Crippen LogP contribution in [0.25, 0.3) is 22.2 Å². The lowest BCUT2D eigenvalue weighted by molar-refractivity contribution is 0.414. The molecule has 132 valence electrons. The van der Waals surface area contributed by atoms with Crippen LogP contribution >= 0.6 is 11.8 Å². The van der Waals surface area contributed by atoms with Crippen molar-refractivity contribution in [3.63, 3.8) is 0 Å². The quantitative estimate of drug-likeness (QED) is 0.737. The van der Waals surface area contributed by atoms with Gasteiger partial charge in [0.05, 0.1) is 11.8 Å². The number of piperidine rings is 1. The Kier molecular flexibility index (Phi) is 3.98. The number of hydrogen-bond acceptors (Lipinski definition) is 7. The van der Waals surface area contributed by atoms with Crippen LogP contribution < -0.4 is 5.32 Å². The highest BCUT2D eigenvalue weighted by molar-refractivity contribution is 7.99. The summed E-state index contributed by atoms with van der Waals surface area (Å²) >= 11 is 1.78. The number of fused-ring (bicyclic) bond motifs is 3. The van der Waals surface area contributed by atoms with Crippen molar-refractivity contribution < 1.29 is 5.11 Å². The molecule has 2 saturated heterocycles. The second-order valence-corrected chi connectivity index (χ2v) is 8.38. The molecular weight excluding hydrogens is 346 g/mol. The maximum Gasteiger partial charge on any atom is 0.185 e. The predicted octanol–water partition coefficient (Wildman–Crippen LogP) is 3.17. The van der Waals surface area contributed by atoms with Crippen molar-refractivity contribution in [2.75, 3.05) is 0 Å². The zero-order valence-corrected chi connectivity index (χ0v) is 15.0. The van der Waals surface area contributed by atoms with Gasteiger partial charge in [-0.2, -0.15) is 0 Å². The highest BCUT2D eigenvalue weighted by Crippen LogP contribution is 2.36. The first kappa shape index (κ1) is 16.0. The average Bonchev–Trinajstić information content (AvgIpc) is 3.00. The Morgan fingerprint density at radius 1 is 1.04 bits per heavy atom. The lowest BCUT2D eigenvalue weighted by Crippen LogP contribution is -2.39. The number of aromatic hydroxyl groups is 1. The van der Waals surface area contributed by atoms with E-state index < -0.39 is 0 Å².